The van der Waals surface area contributed by atoms with Gasteiger partial charge in [0.05, 0.1) is 5.02 Å². The van der Waals surface area contributed by atoms with Crippen molar-refractivity contribution in [3.8, 4) is 5.75 Å². The number of aromatic hydroxyl groups is 1. The molecule has 0 saturated heterocycles. The van der Waals surface area contributed by atoms with Gasteiger partial charge in [0.25, 0.3) is 5.91 Å². The minimum absolute atomic E-state index is 0.00995. The lowest BCUT2D eigenvalue weighted by Gasteiger charge is -2.28. The third-order valence-electron chi connectivity index (χ3n) is 3.21. The maximum absolute atomic E-state index is 12.0. The van der Waals surface area contributed by atoms with Crippen LogP contribution in [0.3, 0.4) is 0 Å². The second-order valence-electron chi connectivity index (χ2n) is 4.55. The van der Waals surface area contributed by atoms with Crippen molar-refractivity contribution in [2.45, 2.75) is 36.6 Å². The summed E-state index contributed by atoms with van der Waals surface area (Å²) >= 11 is 9.39. The SMILES string of the molecule is O=C(NC1CCCCC1Br)c1ccc(O)c(Cl)c1. The third kappa shape index (κ3) is 3.18. The highest BCUT2D eigenvalue weighted by molar-refractivity contribution is 9.09. The number of halogens is 2. The van der Waals surface area contributed by atoms with Crippen molar-refractivity contribution in [3.63, 3.8) is 0 Å². The molecule has 1 aliphatic carbocycles. The van der Waals surface area contributed by atoms with Crippen molar-refractivity contribution in [2.75, 3.05) is 0 Å². The zero-order valence-corrected chi connectivity index (χ0v) is 12.2. The third-order valence-corrected chi connectivity index (χ3v) is 4.61. The Labute approximate surface area is 120 Å². The maximum Gasteiger partial charge on any atom is 0.251 e. The summed E-state index contributed by atoms with van der Waals surface area (Å²) < 4.78 is 0. The molecule has 0 spiro atoms. The monoisotopic (exact) mass is 331 g/mol. The van der Waals surface area contributed by atoms with E-state index >= 15 is 0 Å². The predicted molar refractivity (Wildman–Crippen MR) is 75.6 cm³/mol. The molecule has 1 saturated carbocycles. The van der Waals surface area contributed by atoms with Crippen LogP contribution in [0.15, 0.2) is 18.2 Å². The first-order valence-electron chi connectivity index (χ1n) is 6.01. The summed E-state index contributed by atoms with van der Waals surface area (Å²) in [5, 5.41) is 12.5. The Morgan fingerprint density at radius 1 is 1.39 bits per heavy atom. The summed E-state index contributed by atoms with van der Waals surface area (Å²) in [6.07, 6.45) is 4.42. The Hall–Kier alpha value is -0.740. The van der Waals surface area contributed by atoms with Crippen LogP contribution in [0.25, 0.3) is 0 Å². The molecule has 0 radical (unpaired) electrons. The smallest absolute Gasteiger partial charge is 0.251 e. The highest BCUT2D eigenvalue weighted by Crippen LogP contribution is 2.26. The van der Waals surface area contributed by atoms with Crippen LogP contribution in [0.2, 0.25) is 5.02 Å². The average molecular weight is 333 g/mol. The number of carbonyl (C=O) groups excluding carboxylic acids is 1. The summed E-state index contributed by atoms with van der Waals surface area (Å²) in [4.78, 5) is 12.4. The van der Waals surface area contributed by atoms with Gasteiger partial charge in [-0.25, -0.2) is 0 Å². The van der Waals surface area contributed by atoms with Crippen LogP contribution in [-0.4, -0.2) is 21.9 Å². The van der Waals surface area contributed by atoms with Gasteiger partial charge < -0.3 is 10.4 Å². The number of nitrogens with one attached hydrogen (secondary N) is 1. The van der Waals surface area contributed by atoms with E-state index in [-0.39, 0.29) is 22.7 Å². The summed E-state index contributed by atoms with van der Waals surface area (Å²) in [6.45, 7) is 0. The fraction of sp³-hybridized carbons (Fsp3) is 0.462. The lowest BCUT2D eigenvalue weighted by molar-refractivity contribution is 0.0930. The molecule has 0 heterocycles. The van der Waals surface area contributed by atoms with E-state index in [1.165, 1.54) is 18.6 Å². The number of phenolic OH excluding ortho intramolecular Hbond substituents is 1. The molecule has 2 atom stereocenters. The van der Waals surface area contributed by atoms with Gasteiger partial charge in [-0.2, -0.15) is 0 Å². The Morgan fingerprint density at radius 3 is 2.78 bits per heavy atom. The number of rotatable bonds is 2. The van der Waals surface area contributed by atoms with Crippen molar-refractivity contribution in [2.24, 2.45) is 0 Å². The van der Waals surface area contributed by atoms with Gasteiger partial charge in [0, 0.05) is 16.4 Å². The quantitative estimate of drug-likeness (QED) is 0.815. The molecule has 2 unspecified atom stereocenters. The lowest BCUT2D eigenvalue weighted by Crippen LogP contribution is -2.42. The van der Waals surface area contributed by atoms with Crippen molar-refractivity contribution in [1.29, 1.82) is 0 Å². The topological polar surface area (TPSA) is 49.3 Å². The molecule has 1 aromatic carbocycles. The Bertz CT molecular complexity index is 453. The highest BCUT2D eigenvalue weighted by atomic mass is 79.9. The summed E-state index contributed by atoms with van der Waals surface area (Å²) in [5.41, 5.74) is 0.475. The zero-order chi connectivity index (χ0) is 13.1. The molecule has 98 valence electrons. The molecule has 1 fully saturated rings. The van der Waals surface area contributed by atoms with E-state index in [1.807, 2.05) is 0 Å². The molecule has 1 amide bonds. The Kier molecular flexibility index (Phi) is 4.51. The summed E-state index contributed by atoms with van der Waals surface area (Å²) in [6, 6.07) is 4.66. The van der Waals surface area contributed by atoms with Crippen LogP contribution in [-0.2, 0) is 0 Å². The van der Waals surface area contributed by atoms with Crippen LogP contribution in [0.4, 0.5) is 0 Å². The van der Waals surface area contributed by atoms with E-state index in [0.717, 1.165) is 19.3 Å². The van der Waals surface area contributed by atoms with E-state index in [1.54, 1.807) is 6.07 Å². The van der Waals surface area contributed by atoms with E-state index in [4.69, 9.17) is 11.6 Å². The fourth-order valence-corrected chi connectivity index (χ4v) is 3.05. The van der Waals surface area contributed by atoms with Crippen LogP contribution in [0, 0.1) is 0 Å². The number of hydrogen-bond acceptors (Lipinski definition) is 2. The molecule has 2 rings (SSSR count). The minimum Gasteiger partial charge on any atom is -0.506 e. The molecule has 0 aliphatic heterocycles. The van der Waals surface area contributed by atoms with Crippen molar-refractivity contribution < 1.29 is 9.90 Å². The number of phenols is 1. The first kappa shape index (κ1) is 13.7. The number of carbonyl (C=O) groups is 1. The van der Waals surface area contributed by atoms with Gasteiger partial charge in [-0.1, -0.05) is 40.4 Å². The molecule has 1 aromatic rings. The van der Waals surface area contributed by atoms with E-state index in [2.05, 4.69) is 21.2 Å². The van der Waals surface area contributed by atoms with Gasteiger partial charge in [0.1, 0.15) is 5.75 Å². The number of hydrogen-bond donors (Lipinski definition) is 2. The zero-order valence-electron chi connectivity index (χ0n) is 9.83. The molecular weight excluding hydrogens is 318 g/mol. The summed E-state index contributed by atoms with van der Waals surface area (Å²) in [5.74, 6) is -0.155. The first-order chi connectivity index (χ1) is 8.58. The number of alkyl halides is 1. The molecule has 1 aliphatic rings. The minimum atomic E-state index is -0.145. The van der Waals surface area contributed by atoms with Gasteiger partial charge >= 0.3 is 0 Å². The van der Waals surface area contributed by atoms with Crippen LogP contribution in [0.1, 0.15) is 36.0 Å². The number of amides is 1. The van der Waals surface area contributed by atoms with Crippen LogP contribution >= 0.6 is 27.5 Å². The van der Waals surface area contributed by atoms with Gasteiger partial charge in [0.15, 0.2) is 0 Å². The van der Waals surface area contributed by atoms with Crippen LogP contribution < -0.4 is 5.32 Å². The van der Waals surface area contributed by atoms with E-state index in [0.29, 0.717) is 10.4 Å². The molecule has 18 heavy (non-hydrogen) atoms. The molecule has 0 bridgehead atoms. The Balaban J connectivity index is 2.04. The average Bonchev–Trinajstić information content (AvgIpc) is 2.35. The van der Waals surface area contributed by atoms with Crippen LogP contribution in [0.5, 0.6) is 5.75 Å². The van der Waals surface area contributed by atoms with E-state index < -0.39 is 0 Å². The lowest BCUT2D eigenvalue weighted by atomic mass is 9.95. The second-order valence-corrected chi connectivity index (χ2v) is 6.13. The molecule has 2 N–H and O–H groups in total. The molecule has 5 heteroatoms. The number of benzene rings is 1. The van der Waals surface area contributed by atoms with Crippen molar-refractivity contribution in [3.05, 3.63) is 28.8 Å². The normalized spacial score (nSPS) is 23.7. The first-order valence-corrected chi connectivity index (χ1v) is 7.31. The summed E-state index contributed by atoms with van der Waals surface area (Å²) in [7, 11) is 0. The molecule has 3 nitrogen and oxygen atoms in total. The second kappa shape index (κ2) is 5.93. The van der Waals surface area contributed by atoms with Crippen molar-refractivity contribution >= 4 is 33.4 Å². The molecular formula is C13H15BrClNO2. The van der Waals surface area contributed by atoms with E-state index in [9.17, 15) is 9.90 Å². The standard InChI is InChI=1S/C13H15BrClNO2/c14-9-3-1-2-4-11(9)16-13(18)8-5-6-12(17)10(15)7-8/h5-7,9,11,17H,1-4H2,(H,16,18). The van der Waals surface area contributed by atoms with Gasteiger partial charge in [-0.05, 0) is 31.0 Å². The largest absolute Gasteiger partial charge is 0.506 e. The Morgan fingerprint density at radius 2 is 2.11 bits per heavy atom. The predicted octanol–water partition coefficient (Wildman–Crippen LogP) is 3.48. The fourth-order valence-electron chi connectivity index (χ4n) is 2.15. The molecule has 0 aromatic heterocycles. The van der Waals surface area contributed by atoms with Crippen molar-refractivity contribution in [1.82, 2.24) is 5.32 Å². The maximum atomic E-state index is 12.0. The van der Waals surface area contributed by atoms with Gasteiger partial charge in [-0.3, -0.25) is 4.79 Å². The van der Waals surface area contributed by atoms with Gasteiger partial charge in [-0.15, -0.1) is 0 Å². The highest BCUT2D eigenvalue weighted by Gasteiger charge is 2.24. The van der Waals surface area contributed by atoms with Gasteiger partial charge in [0.2, 0.25) is 0 Å².